The fourth-order valence-corrected chi connectivity index (χ4v) is 8.63. The molecule has 1 aromatic heterocycles. The van der Waals surface area contributed by atoms with Crippen molar-refractivity contribution in [2.24, 2.45) is 5.92 Å². The van der Waals surface area contributed by atoms with Gasteiger partial charge in [0, 0.05) is 38.0 Å². The van der Waals surface area contributed by atoms with Gasteiger partial charge in [0.1, 0.15) is 36.0 Å². The standard InChI is InChI=1S/C35H35F3N6O2/c1-3-28(45)44-11-10-42(18-23(44)16-39-2)33-26-14-27(37)30(24-7-4-6-20-12-21-13-25(21)29(20)24)31(38)32(26)40-34(41-33)46-19-35-8-5-9-43(35)17-22(36)15-35/h3-4,6-7,14,21-23,25H,1,5,8-13,15-19H2/t21-,22-,23+,25+,35+/m1/s1. The first-order valence-electron chi connectivity index (χ1n) is 16.1. The third-order valence-corrected chi connectivity index (χ3v) is 10.9. The molecule has 8 nitrogen and oxygen atoms in total. The van der Waals surface area contributed by atoms with Gasteiger partial charge in [0.15, 0.2) is 5.82 Å². The molecule has 1 amide bonds. The van der Waals surface area contributed by atoms with Gasteiger partial charge < -0.3 is 19.4 Å². The van der Waals surface area contributed by atoms with Gasteiger partial charge in [-0.1, -0.05) is 24.8 Å². The number of piperazine rings is 1. The molecule has 11 heteroatoms. The summed E-state index contributed by atoms with van der Waals surface area (Å²) in [6.45, 7) is 13.3. The Kier molecular flexibility index (Phi) is 6.98. The number of nitrogens with zero attached hydrogens (tertiary/aromatic N) is 6. The van der Waals surface area contributed by atoms with Crippen molar-refractivity contribution in [3.63, 3.8) is 0 Å². The van der Waals surface area contributed by atoms with Gasteiger partial charge >= 0.3 is 6.01 Å². The van der Waals surface area contributed by atoms with Gasteiger partial charge in [-0.05, 0) is 72.9 Å². The number of anilines is 1. The topological polar surface area (TPSA) is 66.2 Å². The molecule has 5 aliphatic rings. The number of benzene rings is 2. The van der Waals surface area contributed by atoms with Gasteiger partial charge in [-0.2, -0.15) is 9.97 Å². The molecule has 0 radical (unpaired) electrons. The van der Waals surface area contributed by atoms with Crippen LogP contribution in [0.15, 0.2) is 36.9 Å². The van der Waals surface area contributed by atoms with Crippen molar-refractivity contribution < 1.29 is 22.7 Å². The molecule has 0 spiro atoms. The van der Waals surface area contributed by atoms with Crippen LogP contribution in [0.25, 0.3) is 26.9 Å². The first kappa shape index (κ1) is 29.2. The van der Waals surface area contributed by atoms with Crippen LogP contribution in [-0.2, 0) is 11.2 Å². The third-order valence-electron chi connectivity index (χ3n) is 10.9. The maximum absolute atomic E-state index is 16.8. The van der Waals surface area contributed by atoms with E-state index in [1.165, 1.54) is 12.1 Å². The Morgan fingerprint density at radius 1 is 1.22 bits per heavy atom. The molecular weight excluding hydrogens is 593 g/mol. The monoisotopic (exact) mass is 628 g/mol. The van der Waals surface area contributed by atoms with E-state index in [1.54, 1.807) is 11.0 Å². The number of aromatic nitrogens is 2. The number of amides is 1. The predicted octanol–water partition coefficient (Wildman–Crippen LogP) is 5.31. The molecule has 0 bridgehead atoms. The lowest BCUT2D eigenvalue weighted by molar-refractivity contribution is -0.128. The number of rotatable bonds is 7. The maximum atomic E-state index is 16.8. The number of alkyl halides is 1. The smallest absolute Gasteiger partial charge is 0.319 e. The van der Waals surface area contributed by atoms with Crippen molar-refractivity contribution in [3.8, 4) is 17.1 Å². The molecule has 1 saturated carbocycles. The lowest BCUT2D eigenvalue weighted by Gasteiger charge is -2.39. The van der Waals surface area contributed by atoms with Crippen molar-refractivity contribution in [1.82, 2.24) is 19.8 Å². The highest BCUT2D eigenvalue weighted by Crippen LogP contribution is 2.59. The molecule has 238 valence electrons. The minimum atomic E-state index is -0.937. The summed E-state index contributed by atoms with van der Waals surface area (Å²) in [6, 6.07) is 6.47. The number of halogens is 3. The zero-order valence-corrected chi connectivity index (χ0v) is 25.5. The number of carbonyl (C=O) groups excluding carboxylic acids is 1. The summed E-state index contributed by atoms with van der Waals surface area (Å²) in [5.74, 6) is -0.595. The Balaban J connectivity index is 1.23. The van der Waals surface area contributed by atoms with Crippen molar-refractivity contribution in [2.45, 2.75) is 55.8 Å². The number of hydrogen-bond donors (Lipinski definition) is 0. The van der Waals surface area contributed by atoms with E-state index < -0.39 is 29.4 Å². The van der Waals surface area contributed by atoms with Crippen LogP contribution in [0.2, 0.25) is 0 Å². The SMILES string of the molecule is [C-]#[N+]C[C@H]1CN(c2nc(OC[C@@]34CCCN3C[C@H](F)C4)nc3c(F)c(-c4cccc5c4[C@H]4C[C@H]4C5)c(F)cc23)CCN1C(=O)C=C. The second kappa shape index (κ2) is 11.0. The summed E-state index contributed by atoms with van der Waals surface area (Å²) in [4.78, 5) is 30.9. The summed E-state index contributed by atoms with van der Waals surface area (Å²) in [7, 11) is 0. The quantitative estimate of drug-likeness (QED) is 0.261. The average Bonchev–Trinajstić information content (AvgIpc) is 3.37. The first-order chi connectivity index (χ1) is 22.3. The van der Waals surface area contributed by atoms with E-state index in [-0.39, 0.29) is 60.4 Å². The first-order valence-corrected chi connectivity index (χ1v) is 16.1. The number of fused-ring (bicyclic) bond motifs is 5. The molecule has 0 unspecified atom stereocenters. The molecule has 2 aliphatic carbocycles. The van der Waals surface area contributed by atoms with E-state index in [9.17, 15) is 9.18 Å². The van der Waals surface area contributed by atoms with Gasteiger partial charge in [-0.3, -0.25) is 9.69 Å². The van der Waals surface area contributed by atoms with Crippen molar-refractivity contribution in [3.05, 3.63) is 71.1 Å². The van der Waals surface area contributed by atoms with Crippen molar-refractivity contribution in [1.29, 1.82) is 0 Å². The van der Waals surface area contributed by atoms with Crippen molar-refractivity contribution in [2.75, 3.05) is 50.8 Å². The second-order valence-electron chi connectivity index (χ2n) is 13.5. The largest absolute Gasteiger partial charge is 0.461 e. The summed E-state index contributed by atoms with van der Waals surface area (Å²) >= 11 is 0. The van der Waals surface area contributed by atoms with E-state index in [1.807, 2.05) is 17.0 Å². The van der Waals surface area contributed by atoms with E-state index >= 15 is 8.78 Å². The fourth-order valence-electron chi connectivity index (χ4n) is 8.63. The maximum Gasteiger partial charge on any atom is 0.319 e. The molecule has 2 aromatic carbocycles. The second-order valence-corrected chi connectivity index (χ2v) is 13.5. The van der Waals surface area contributed by atoms with E-state index in [0.29, 0.717) is 36.9 Å². The van der Waals surface area contributed by atoms with Gasteiger partial charge in [0.05, 0.1) is 11.1 Å². The molecule has 0 N–H and O–H groups in total. The van der Waals surface area contributed by atoms with E-state index in [2.05, 4.69) is 21.3 Å². The Morgan fingerprint density at radius 3 is 2.91 bits per heavy atom. The summed E-state index contributed by atoms with van der Waals surface area (Å²) in [6.07, 6.45) is 4.34. The summed E-state index contributed by atoms with van der Waals surface area (Å²) < 4.78 is 53.7. The van der Waals surface area contributed by atoms with Crippen LogP contribution in [0.1, 0.15) is 42.7 Å². The Hall–Kier alpha value is -4.17. The number of carbonyl (C=O) groups is 1. The van der Waals surface area contributed by atoms with Gasteiger partial charge in [-0.25, -0.2) is 19.7 Å². The third kappa shape index (κ3) is 4.63. The summed E-state index contributed by atoms with van der Waals surface area (Å²) in [5, 5.41) is 0.193. The van der Waals surface area contributed by atoms with Crippen LogP contribution < -0.4 is 9.64 Å². The predicted molar refractivity (Wildman–Crippen MR) is 167 cm³/mol. The lowest BCUT2D eigenvalue weighted by atomic mass is 9.93. The molecule has 4 heterocycles. The minimum Gasteiger partial charge on any atom is -0.461 e. The molecule has 3 aromatic rings. The normalized spacial score (nSPS) is 28.1. The highest BCUT2D eigenvalue weighted by molar-refractivity contribution is 5.95. The van der Waals surface area contributed by atoms with Crippen molar-refractivity contribution >= 4 is 22.6 Å². The van der Waals surface area contributed by atoms with Crippen LogP contribution in [0.5, 0.6) is 6.01 Å². The molecule has 3 aliphatic heterocycles. The highest BCUT2D eigenvalue weighted by Gasteiger charge is 2.50. The minimum absolute atomic E-state index is 0.0544. The molecule has 4 fully saturated rings. The molecule has 5 atom stereocenters. The van der Waals surface area contributed by atoms with Crippen LogP contribution in [0, 0.1) is 24.1 Å². The van der Waals surface area contributed by atoms with Crippen LogP contribution in [0.4, 0.5) is 19.0 Å². The molecule has 8 rings (SSSR count). The van der Waals surface area contributed by atoms with Gasteiger partial charge in [-0.15, -0.1) is 0 Å². The van der Waals surface area contributed by atoms with Gasteiger partial charge in [0.25, 0.3) is 0 Å². The van der Waals surface area contributed by atoms with Crippen LogP contribution in [-0.4, -0.2) is 89.3 Å². The van der Waals surface area contributed by atoms with Crippen LogP contribution in [0.3, 0.4) is 0 Å². The van der Waals surface area contributed by atoms with Crippen LogP contribution >= 0.6 is 0 Å². The lowest BCUT2D eigenvalue weighted by Crippen LogP contribution is -2.56. The summed E-state index contributed by atoms with van der Waals surface area (Å²) in [5.41, 5.74) is 2.12. The Bertz CT molecular complexity index is 1810. The van der Waals surface area contributed by atoms with Gasteiger partial charge in [0.2, 0.25) is 12.5 Å². The zero-order valence-electron chi connectivity index (χ0n) is 25.5. The highest BCUT2D eigenvalue weighted by atomic mass is 19.1. The van der Waals surface area contributed by atoms with E-state index in [4.69, 9.17) is 16.3 Å². The Morgan fingerprint density at radius 2 is 2.09 bits per heavy atom. The van der Waals surface area contributed by atoms with E-state index in [0.717, 1.165) is 43.4 Å². The fraction of sp³-hybridized carbons (Fsp3) is 0.486. The zero-order chi connectivity index (χ0) is 31.7. The Labute approximate surface area is 265 Å². The molecular formula is C35H35F3N6O2. The number of hydrogen-bond acceptors (Lipinski definition) is 6. The molecule has 3 saturated heterocycles. The molecule has 46 heavy (non-hydrogen) atoms. The average molecular weight is 629 g/mol. The number of ether oxygens (including phenoxy) is 1.